The van der Waals surface area contributed by atoms with Gasteiger partial charge in [-0.25, -0.2) is 4.79 Å². The number of carboxylic acid groups (broad SMARTS) is 1. The zero-order valence-corrected chi connectivity index (χ0v) is 25.4. The summed E-state index contributed by atoms with van der Waals surface area (Å²) in [7, 11) is 0. The molecule has 1 aromatic heterocycles. The zero-order valence-electron chi connectivity index (χ0n) is 24.5. The van der Waals surface area contributed by atoms with Crippen LogP contribution in [0.3, 0.4) is 0 Å². The Labute approximate surface area is 256 Å². The van der Waals surface area contributed by atoms with Crippen LogP contribution in [0.1, 0.15) is 23.6 Å². The minimum absolute atomic E-state index is 0.238. The summed E-state index contributed by atoms with van der Waals surface area (Å²) in [6.45, 7) is 6.97. The van der Waals surface area contributed by atoms with Crippen LogP contribution in [0.4, 0.5) is 0 Å². The zero-order chi connectivity index (χ0) is 30.4. The average molecular weight is 607 g/mol. The van der Waals surface area contributed by atoms with E-state index in [0.717, 1.165) is 38.1 Å². The monoisotopic (exact) mass is 606 g/mol. The number of fused-ring (bicyclic) bond motifs is 1. The fourth-order valence-electron chi connectivity index (χ4n) is 4.48. The van der Waals surface area contributed by atoms with Crippen LogP contribution in [0.15, 0.2) is 72.8 Å². The summed E-state index contributed by atoms with van der Waals surface area (Å²) in [6, 6.07) is 22.2. The lowest BCUT2D eigenvalue weighted by molar-refractivity contribution is -0.142. The third-order valence-corrected chi connectivity index (χ3v) is 7.75. The molecule has 3 aromatic carbocycles. The van der Waals surface area contributed by atoms with Gasteiger partial charge in [-0.15, -0.1) is 11.3 Å². The number of ether oxygens (including phenoxy) is 5. The largest absolute Gasteiger partial charge is 0.508 e. The summed E-state index contributed by atoms with van der Waals surface area (Å²) in [5, 5.41) is 19.7. The first-order valence-corrected chi connectivity index (χ1v) is 15.0. The number of carboxylic acids is 1. The van der Waals surface area contributed by atoms with Crippen LogP contribution in [-0.4, -0.2) is 75.6 Å². The van der Waals surface area contributed by atoms with E-state index in [2.05, 4.69) is 56.3 Å². The summed E-state index contributed by atoms with van der Waals surface area (Å²) in [4.78, 5) is 11.5. The van der Waals surface area contributed by atoms with Gasteiger partial charge in [-0.1, -0.05) is 48.0 Å². The lowest BCUT2D eigenvalue weighted by Gasteiger charge is -2.13. The van der Waals surface area contributed by atoms with E-state index in [0.29, 0.717) is 46.2 Å². The maximum Gasteiger partial charge on any atom is 0.329 e. The van der Waals surface area contributed by atoms with Crippen molar-refractivity contribution in [2.75, 3.05) is 59.5 Å². The van der Waals surface area contributed by atoms with Crippen LogP contribution in [0.25, 0.3) is 26.1 Å². The molecule has 9 heteroatoms. The van der Waals surface area contributed by atoms with Crippen molar-refractivity contribution in [1.29, 1.82) is 0 Å². The van der Waals surface area contributed by atoms with E-state index in [-0.39, 0.29) is 19.0 Å². The Morgan fingerprint density at radius 2 is 1.40 bits per heavy atom. The quantitative estimate of drug-likeness (QED) is 0.123. The number of phenols is 1. The van der Waals surface area contributed by atoms with Gasteiger partial charge in [-0.2, -0.15) is 0 Å². The van der Waals surface area contributed by atoms with Crippen molar-refractivity contribution >= 4 is 33.0 Å². The second-order valence-corrected chi connectivity index (χ2v) is 10.8. The van der Waals surface area contributed by atoms with Gasteiger partial charge in [0.25, 0.3) is 0 Å². The number of aryl methyl sites for hydroxylation is 1. The molecule has 0 aliphatic heterocycles. The Hall–Kier alpha value is -3.73. The van der Waals surface area contributed by atoms with Crippen molar-refractivity contribution in [2.24, 2.45) is 0 Å². The van der Waals surface area contributed by atoms with E-state index >= 15 is 0 Å². The first-order valence-electron chi connectivity index (χ1n) is 14.2. The van der Waals surface area contributed by atoms with Crippen molar-refractivity contribution in [3.63, 3.8) is 0 Å². The second-order valence-electron chi connectivity index (χ2n) is 9.71. The smallest absolute Gasteiger partial charge is 0.329 e. The van der Waals surface area contributed by atoms with Gasteiger partial charge < -0.3 is 33.9 Å². The fraction of sp³-hybridized carbons (Fsp3) is 0.324. The molecule has 8 nitrogen and oxygen atoms in total. The summed E-state index contributed by atoms with van der Waals surface area (Å²) < 4.78 is 28.1. The molecule has 43 heavy (non-hydrogen) atoms. The minimum atomic E-state index is -0.996. The molecule has 4 aromatic rings. The topological polar surface area (TPSA) is 104 Å². The number of hydrogen-bond acceptors (Lipinski definition) is 8. The predicted molar refractivity (Wildman–Crippen MR) is 169 cm³/mol. The van der Waals surface area contributed by atoms with Gasteiger partial charge in [0.05, 0.1) is 46.2 Å². The molecule has 0 amide bonds. The molecule has 4 rings (SSSR count). The highest BCUT2D eigenvalue weighted by Gasteiger charge is 2.19. The number of rotatable bonds is 18. The summed E-state index contributed by atoms with van der Waals surface area (Å²) in [6.07, 6.45) is 2.14. The molecular formula is C34H38O8S. The number of aliphatic carboxylic acids is 1. The Morgan fingerprint density at radius 1 is 0.791 bits per heavy atom. The first-order chi connectivity index (χ1) is 21.0. The lowest BCUT2D eigenvalue weighted by Crippen LogP contribution is -2.15. The van der Waals surface area contributed by atoms with Gasteiger partial charge >= 0.3 is 5.97 Å². The molecule has 0 aliphatic carbocycles. The van der Waals surface area contributed by atoms with Gasteiger partial charge in [0.2, 0.25) is 0 Å². The minimum Gasteiger partial charge on any atom is -0.508 e. The van der Waals surface area contributed by atoms with Gasteiger partial charge in [0, 0.05) is 20.5 Å². The molecule has 0 radical (unpaired) electrons. The van der Waals surface area contributed by atoms with Gasteiger partial charge in [-0.3, -0.25) is 0 Å². The molecule has 228 valence electrons. The number of benzene rings is 3. The van der Waals surface area contributed by atoms with E-state index in [9.17, 15) is 9.90 Å². The molecular weight excluding hydrogens is 568 g/mol. The molecule has 0 unspecified atom stereocenters. The van der Waals surface area contributed by atoms with Gasteiger partial charge in [0.15, 0.2) is 0 Å². The molecule has 0 bridgehead atoms. The Kier molecular flexibility index (Phi) is 12.6. The van der Waals surface area contributed by atoms with Crippen LogP contribution in [0.2, 0.25) is 0 Å². The van der Waals surface area contributed by atoms with Crippen molar-refractivity contribution in [3.05, 3.63) is 89.5 Å². The number of allylic oxidation sites excluding steroid dienone is 1. The van der Waals surface area contributed by atoms with Crippen LogP contribution in [0.5, 0.6) is 11.5 Å². The molecule has 0 aliphatic rings. The Morgan fingerprint density at radius 3 is 2.00 bits per heavy atom. The maximum atomic E-state index is 10.3. The van der Waals surface area contributed by atoms with Gasteiger partial charge in [0.1, 0.15) is 24.7 Å². The molecule has 1 heterocycles. The Bertz CT molecular complexity index is 1480. The van der Waals surface area contributed by atoms with E-state index in [1.165, 1.54) is 10.4 Å². The average Bonchev–Trinajstić information content (AvgIpc) is 3.36. The lowest BCUT2D eigenvalue weighted by atomic mass is 9.93. The van der Waals surface area contributed by atoms with Crippen LogP contribution in [0, 0.1) is 6.92 Å². The summed E-state index contributed by atoms with van der Waals surface area (Å²) in [5.41, 5.74) is 5.73. The third-order valence-electron chi connectivity index (χ3n) is 6.55. The molecule has 0 saturated heterocycles. The number of phenolic OH excluding ortho intramolecular Hbond substituents is 1. The molecule has 2 N–H and O–H groups in total. The highest BCUT2D eigenvalue weighted by molar-refractivity contribution is 7.22. The Balaban J connectivity index is 1.25. The summed E-state index contributed by atoms with van der Waals surface area (Å²) in [5.74, 6) is 0.0341. The number of hydrogen-bond donors (Lipinski definition) is 2. The van der Waals surface area contributed by atoms with Crippen molar-refractivity contribution in [1.82, 2.24) is 0 Å². The second kappa shape index (κ2) is 16.8. The molecule has 0 spiro atoms. The number of thiophene rings is 1. The molecule has 0 saturated carbocycles. The predicted octanol–water partition coefficient (Wildman–Crippen LogP) is 6.56. The van der Waals surface area contributed by atoms with Crippen LogP contribution < -0.4 is 4.74 Å². The SMILES string of the molecule is CC=C(c1ccc(OCCOCCOCCOCCOCC(=O)O)cc1)c1c(-c2ccc(C)cc2)sc2cc(O)ccc12. The third kappa shape index (κ3) is 9.64. The normalized spacial score (nSPS) is 11.7. The summed E-state index contributed by atoms with van der Waals surface area (Å²) >= 11 is 1.69. The molecule has 0 atom stereocenters. The van der Waals surface area contributed by atoms with Crippen molar-refractivity contribution < 1.29 is 38.7 Å². The van der Waals surface area contributed by atoms with E-state index in [1.807, 2.05) is 24.3 Å². The van der Waals surface area contributed by atoms with Crippen molar-refractivity contribution in [3.8, 4) is 21.9 Å². The van der Waals surface area contributed by atoms with Crippen molar-refractivity contribution in [2.45, 2.75) is 13.8 Å². The van der Waals surface area contributed by atoms with E-state index in [4.69, 9.17) is 28.8 Å². The fourth-order valence-corrected chi connectivity index (χ4v) is 5.74. The number of aromatic hydroxyl groups is 1. The van der Waals surface area contributed by atoms with Crippen LogP contribution in [-0.2, 0) is 23.7 Å². The van der Waals surface area contributed by atoms with Crippen LogP contribution >= 0.6 is 11.3 Å². The molecule has 0 fully saturated rings. The first kappa shape index (κ1) is 32.2. The van der Waals surface area contributed by atoms with E-state index in [1.54, 1.807) is 17.4 Å². The number of carbonyl (C=O) groups is 1. The highest BCUT2D eigenvalue weighted by Crippen LogP contribution is 2.45. The maximum absolute atomic E-state index is 10.3. The standard InChI is InChI=1S/C34H38O8S/c1-3-29(33-30-13-10-27(35)22-31(30)43-34(33)26-6-4-24(2)5-7-26)25-8-11-28(12-9-25)42-21-20-40-17-16-38-14-15-39-18-19-41-23-32(36)37/h3-13,22,35H,14-21,23H2,1-2H3,(H,36,37). The van der Waals surface area contributed by atoms with E-state index < -0.39 is 5.97 Å². The highest BCUT2D eigenvalue weighted by atomic mass is 32.1. The van der Waals surface area contributed by atoms with Gasteiger partial charge in [-0.05, 0) is 60.9 Å².